The molecule has 2 atom stereocenters. The Morgan fingerprint density at radius 2 is 2.06 bits per heavy atom. The van der Waals surface area contributed by atoms with Gasteiger partial charge in [-0.05, 0) is 31.2 Å². The number of hydrogen-bond acceptors (Lipinski definition) is 3. The van der Waals surface area contributed by atoms with Crippen LogP contribution in [0.15, 0.2) is 35.3 Å². The van der Waals surface area contributed by atoms with E-state index in [4.69, 9.17) is 0 Å². The Bertz CT molecular complexity index is 411. The van der Waals surface area contributed by atoms with E-state index in [0.29, 0.717) is 11.3 Å². The highest BCUT2D eigenvalue weighted by Crippen LogP contribution is 2.36. The summed E-state index contributed by atoms with van der Waals surface area (Å²) >= 11 is 1.88. The minimum atomic E-state index is 0.505. The molecule has 0 aromatic heterocycles. The van der Waals surface area contributed by atoms with Gasteiger partial charge in [-0.2, -0.15) is 0 Å². The lowest BCUT2D eigenvalue weighted by molar-refractivity contribution is 0.591. The molecular formula is C14H18N2S. The average molecular weight is 246 g/mol. The van der Waals surface area contributed by atoms with E-state index in [2.05, 4.69) is 47.6 Å². The van der Waals surface area contributed by atoms with E-state index in [9.17, 15) is 0 Å². The predicted molar refractivity (Wildman–Crippen MR) is 74.4 cm³/mol. The molecule has 0 saturated heterocycles. The van der Waals surface area contributed by atoms with E-state index in [1.807, 2.05) is 11.8 Å². The van der Waals surface area contributed by atoms with Crippen LogP contribution in [0.25, 0.3) is 0 Å². The van der Waals surface area contributed by atoms with Crippen molar-refractivity contribution in [2.45, 2.75) is 31.1 Å². The fraction of sp³-hybridized carbons (Fsp3) is 0.500. The molecular weight excluding hydrogens is 228 g/mol. The van der Waals surface area contributed by atoms with Crippen LogP contribution in [0, 0.1) is 5.92 Å². The van der Waals surface area contributed by atoms with Gasteiger partial charge < -0.3 is 5.32 Å². The summed E-state index contributed by atoms with van der Waals surface area (Å²) < 4.78 is 0. The van der Waals surface area contributed by atoms with Gasteiger partial charge in [0, 0.05) is 6.04 Å². The Morgan fingerprint density at radius 1 is 1.29 bits per heavy atom. The molecule has 0 spiro atoms. The summed E-state index contributed by atoms with van der Waals surface area (Å²) in [6.07, 6.45) is 2.77. The summed E-state index contributed by atoms with van der Waals surface area (Å²) in [6.45, 7) is 3.19. The summed E-state index contributed by atoms with van der Waals surface area (Å²) in [6, 6.07) is 11.3. The fourth-order valence-electron chi connectivity index (χ4n) is 2.20. The van der Waals surface area contributed by atoms with Crippen molar-refractivity contribution in [1.82, 2.24) is 5.32 Å². The molecule has 1 saturated carbocycles. The Morgan fingerprint density at radius 3 is 2.76 bits per heavy atom. The van der Waals surface area contributed by atoms with Crippen molar-refractivity contribution in [1.29, 1.82) is 0 Å². The molecule has 0 amide bonds. The molecule has 1 N–H and O–H groups in total. The number of thioether (sulfide) groups is 1. The predicted octanol–water partition coefficient (Wildman–Crippen LogP) is 3.22. The van der Waals surface area contributed by atoms with Crippen LogP contribution in [0.3, 0.4) is 0 Å². The second-order valence-corrected chi connectivity index (χ2v) is 6.12. The van der Waals surface area contributed by atoms with E-state index in [-0.39, 0.29) is 0 Å². The van der Waals surface area contributed by atoms with Crippen molar-refractivity contribution in [3.63, 3.8) is 0 Å². The minimum absolute atomic E-state index is 0.505. The van der Waals surface area contributed by atoms with Gasteiger partial charge in [0.2, 0.25) is 0 Å². The Hall–Kier alpha value is -0.960. The highest BCUT2D eigenvalue weighted by molar-refractivity contribution is 8.14. The van der Waals surface area contributed by atoms with Crippen LogP contribution in [-0.4, -0.2) is 17.8 Å². The lowest BCUT2D eigenvalue weighted by Gasteiger charge is -2.14. The highest BCUT2D eigenvalue weighted by Gasteiger charge is 2.30. The van der Waals surface area contributed by atoms with Crippen LogP contribution < -0.4 is 5.32 Å². The number of aliphatic imine (C=N–C) groups is 1. The maximum absolute atomic E-state index is 4.61. The summed E-state index contributed by atoms with van der Waals surface area (Å²) in [7, 11) is 0. The third-order valence-electron chi connectivity index (χ3n) is 3.51. The van der Waals surface area contributed by atoms with Gasteiger partial charge in [0.15, 0.2) is 5.17 Å². The molecule has 2 nitrogen and oxygen atoms in total. The average Bonchev–Trinajstić information content (AvgIpc) is 3.12. The van der Waals surface area contributed by atoms with E-state index in [1.165, 1.54) is 18.4 Å². The summed E-state index contributed by atoms with van der Waals surface area (Å²) in [4.78, 5) is 4.61. The number of rotatable bonds is 3. The van der Waals surface area contributed by atoms with Gasteiger partial charge in [-0.3, -0.25) is 4.99 Å². The highest BCUT2D eigenvalue weighted by atomic mass is 32.2. The molecule has 2 aliphatic rings. The topological polar surface area (TPSA) is 24.4 Å². The van der Waals surface area contributed by atoms with E-state index >= 15 is 0 Å². The third-order valence-corrected chi connectivity index (χ3v) is 4.68. The number of benzene rings is 1. The molecule has 2 unspecified atom stereocenters. The number of nitrogens with zero attached hydrogens (tertiary/aromatic N) is 1. The second kappa shape index (κ2) is 4.73. The van der Waals surface area contributed by atoms with Crippen molar-refractivity contribution in [3.8, 4) is 0 Å². The van der Waals surface area contributed by atoms with Gasteiger partial charge in [-0.1, -0.05) is 42.1 Å². The Kier molecular flexibility index (Phi) is 3.10. The maximum Gasteiger partial charge on any atom is 0.157 e. The molecule has 1 aliphatic carbocycles. The van der Waals surface area contributed by atoms with Gasteiger partial charge in [0.1, 0.15) is 0 Å². The SMILES string of the molecule is CC(NC1=NCC(c2ccccc2)S1)C1CC1. The standard InChI is InChI=1S/C14H18N2S/c1-10(11-7-8-11)16-14-15-9-13(17-14)12-5-3-2-4-6-12/h2-6,10-11,13H,7-9H2,1H3,(H,15,16). The van der Waals surface area contributed by atoms with Gasteiger partial charge in [-0.15, -0.1) is 0 Å². The molecule has 17 heavy (non-hydrogen) atoms. The third kappa shape index (κ3) is 2.65. The Balaban J connectivity index is 1.57. The summed E-state index contributed by atoms with van der Waals surface area (Å²) in [5.74, 6) is 0.883. The molecule has 1 aliphatic heterocycles. The first-order valence-electron chi connectivity index (χ1n) is 6.35. The van der Waals surface area contributed by atoms with Crippen LogP contribution in [-0.2, 0) is 0 Å². The van der Waals surface area contributed by atoms with E-state index < -0.39 is 0 Å². The molecule has 1 fully saturated rings. The van der Waals surface area contributed by atoms with E-state index in [0.717, 1.165) is 17.6 Å². The van der Waals surface area contributed by atoms with Gasteiger partial charge in [0.05, 0.1) is 11.8 Å². The molecule has 3 rings (SSSR count). The largest absolute Gasteiger partial charge is 0.362 e. The van der Waals surface area contributed by atoms with Crippen LogP contribution in [0.4, 0.5) is 0 Å². The minimum Gasteiger partial charge on any atom is -0.362 e. The van der Waals surface area contributed by atoms with Gasteiger partial charge in [0.25, 0.3) is 0 Å². The number of nitrogens with one attached hydrogen (secondary N) is 1. The zero-order valence-electron chi connectivity index (χ0n) is 10.1. The normalized spacial score (nSPS) is 25.5. The molecule has 1 aromatic rings. The quantitative estimate of drug-likeness (QED) is 0.885. The monoisotopic (exact) mass is 246 g/mol. The van der Waals surface area contributed by atoms with E-state index in [1.54, 1.807) is 0 Å². The van der Waals surface area contributed by atoms with Crippen molar-refractivity contribution < 1.29 is 0 Å². The smallest absolute Gasteiger partial charge is 0.157 e. The first-order valence-corrected chi connectivity index (χ1v) is 7.23. The number of hydrogen-bond donors (Lipinski definition) is 1. The van der Waals surface area contributed by atoms with Crippen LogP contribution in [0.5, 0.6) is 0 Å². The molecule has 0 bridgehead atoms. The van der Waals surface area contributed by atoms with Crippen molar-refractivity contribution in [3.05, 3.63) is 35.9 Å². The van der Waals surface area contributed by atoms with Crippen molar-refractivity contribution in [2.75, 3.05) is 6.54 Å². The summed E-state index contributed by atoms with van der Waals surface area (Å²) in [5, 5.41) is 5.20. The van der Waals surface area contributed by atoms with Gasteiger partial charge >= 0.3 is 0 Å². The zero-order valence-corrected chi connectivity index (χ0v) is 10.9. The maximum atomic E-state index is 4.61. The molecule has 3 heteroatoms. The van der Waals surface area contributed by atoms with Crippen LogP contribution in [0.2, 0.25) is 0 Å². The second-order valence-electron chi connectivity index (χ2n) is 4.93. The first-order chi connectivity index (χ1) is 8.33. The van der Waals surface area contributed by atoms with Crippen molar-refractivity contribution >= 4 is 16.9 Å². The number of amidine groups is 1. The van der Waals surface area contributed by atoms with Gasteiger partial charge in [-0.25, -0.2) is 0 Å². The lowest BCUT2D eigenvalue weighted by atomic mass is 10.1. The molecule has 1 aromatic carbocycles. The Labute approximate surface area is 107 Å². The molecule has 1 heterocycles. The fourth-order valence-corrected chi connectivity index (χ4v) is 3.32. The van der Waals surface area contributed by atoms with Crippen LogP contribution in [0.1, 0.15) is 30.6 Å². The van der Waals surface area contributed by atoms with Crippen molar-refractivity contribution in [2.24, 2.45) is 10.9 Å². The lowest BCUT2D eigenvalue weighted by Crippen LogP contribution is -2.31. The van der Waals surface area contributed by atoms with Crippen LogP contribution >= 0.6 is 11.8 Å². The zero-order chi connectivity index (χ0) is 11.7. The summed E-state index contributed by atoms with van der Waals surface area (Å²) in [5.41, 5.74) is 1.39. The molecule has 0 radical (unpaired) electrons. The molecule has 90 valence electrons. The first kappa shape index (κ1) is 11.1.